The minimum atomic E-state index is -1.06. The van der Waals surface area contributed by atoms with Gasteiger partial charge in [0.05, 0.1) is 0 Å². The largest absolute Gasteiger partial charge is 0.326 e. The maximum atomic E-state index is 12.1. The Morgan fingerprint density at radius 3 is 2.36 bits per heavy atom. The number of carbonyl (C=O) groups excluding carboxylic acids is 3. The van der Waals surface area contributed by atoms with Crippen molar-refractivity contribution in [1.82, 2.24) is 10.6 Å². The highest BCUT2D eigenvalue weighted by molar-refractivity contribution is 6.07. The maximum absolute atomic E-state index is 12.1. The van der Waals surface area contributed by atoms with Crippen LogP contribution >= 0.6 is 0 Å². The van der Waals surface area contributed by atoms with E-state index in [1.165, 1.54) is 0 Å². The molecule has 0 unspecified atom stereocenters. The highest BCUT2D eigenvalue weighted by atomic mass is 16.2. The average molecular weight is 301 g/mol. The van der Waals surface area contributed by atoms with Gasteiger partial charge in [-0.3, -0.25) is 14.9 Å². The summed E-state index contributed by atoms with van der Waals surface area (Å²) in [6, 6.07) is 6.51. The quantitative estimate of drug-likeness (QED) is 0.745. The van der Waals surface area contributed by atoms with Crippen molar-refractivity contribution in [2.24, 2.45) is 5.92 Å². The first-order valence-corrected chi connectivity index (χ1v) is 7.54. The molecule has 0 spiro atoms. The molecule has 3 N–H and O–H groups in total. The molecule has 6 nitrogen and oxygen atoms in total. The molecule has 6 heteroatoms. The third kappa shape index (κ3) is 2.56. The highest BCUT2D eigenvalue weighted by Crippen LogP contribution is 2.28. The van der Waals surface area contributed by atoms with E-state index < -0.39 is 11.6 Å². The van der Waals surface area contributed by atoms with Crippen molar-refractivity contribution >= 4 is 23.5 Å². The second-order valence-electron chi connectivity index (χ2n) is 6.08. The lowest BCUT2D eigenvalue weighted by Crippen LogP contribution is -2.40. The summed E-state index contributed by atoms with van der Waals surface area (Å²) in [5.74, 6) is -0.208. The molecule has 1 aliphatic carbocycles. The lowest BCUT2D eigenvalue weighted by Gasteiger charge is -2.21. The van der Waals surface area contributed by atoms with Gasteiger partial charge in [0, 0.05) is 11.6 Å². The molecule has 1 heterocycles. The number of nitrogens with one attached hydrogen (secondary N) is 3. The summed E-state index contributed by atoms with van der Waals surface area (Å²) in [6.45, 7) is 1.65. The van der Waals surface area contributed by atoms with E-state index in [1.54, 1.807) is 31.2 Å². The molecule has 1 saturated carbocycles. The fourth-order valence-corrected chi connectivity index (χ4v) is 3.07. The van der Waals surface area contributed by atoms with Crippen molar-refractivity contribution in [1.29, 1.82) is 0 Å². The zero-order valence-corrected chi connectivity index (χ0v) is 12.4. The molecule has 1 aromatic rings. The molecule has 22 heavy (non-hydrogen) atoms. The van der Waals surface area contributed by atoms with Crippen LogP contribution < -0.4 is 16.0 Å². The van der Waals surface area contributed by atoms with Crippen LogP contribution in [-0.4, -0.2) is 17.8 Å². The second-order valence-corrected chi connectivity index (χ2v) is 6.08. The first kappa shape index (κ1) is 14.6. The number of carbonyl (C=O) groups is 3. The van der Waals surface area contributed by atoms with Crippen LogP contribution in [0.3, 0.4) is 0 Å². The molecule has 1 saturated heterocycles. The van der Waals surface area contributed by atoms with Gasteiger partial charge in [-0.1, -0.05) is 25.0 Å². The van der Waals surface area contributed by atoms with Gasteiger partial charge in [0.25, 0.3) is 5.91 Å². The standard InChI is InChI=1S/C16H19N3O3/c1-16(14(21)18-15(22)19-16)11-6-8-12(9-7-11)17-13(20)10-4-2-3-5-10/h6-10H,2-5H2,1H3,(H,17,20)(H2,18,19,21,22)/t16-/m0/s1. The minimum absolute atomic E-state index is 0.0587. The molecule has 2 aliphatic rings. The predicted octanol–water partition coefficient (Wildman–Crippen LogP) is 1.87. The molecule has 0 aromatic heterocycles. The van der Waals surface area contributed by atoms with Gasteiger partial charge in [-0.25, -0.2) is 4.79 Å². The monoisotopic (exact) mass is 301 g/mol. The summed E-state index contributed by atoms with van der Waals surface area (Å²) < 4.78 is 0. The molecule has 1 atom stereocenters. The molecule has 116 valence electrons. The molecule has 1 aromatic carbocycles. The molecule has 3 rings (SSSR count). The maximum Gasteiger partial charge on any atom is 0.322 e. The second kappa shape index (κ2) is 5.44. The molecule has 0 bridgehead atoms. The summed E-state index contributed by atoms with van der Waals surface area (Å²) in [7, 11) is 0. The third-order valence-corrected chi connectivity index (χ3v) is 4.50. The van der Waals surface area contributed by atoms with Crippen LogP contribution in [0.5, 0.6) is 0 Å². The normalized spacial score (nSPS) is 25.0. The Kier molecular flexibility index (Phi) is 3.60. The molecular formula is C16H19N3O3. The van der Waals surface area contributed by atoms with Crippen molar-refractivity contribution in [3.8, 4) is 0 Å². The van der Waals surface area contributed by atoms with E-state index in [2.05, 4.69) is 16.0 Å². The van der Waals surface area contributed by atoms with Gasteiger partial charge < -0.3 is 10.6 Å². The highest BCUT2D eigenvalue weighted by Gasteiger charge is 2.43. The van der Waals surface area contributed by atoms with E-state index in [9.17, 15) is 14.4 Å². The summed E-state index contributed by atoms with van der Waals surface area (Å²) in [5.41, 5.74) is 0.314. The van der Waals surface area contributed by atoms with E-state index in [1.807, 2.05) is 0 Å². The van der Waals surface area contributed by atoms with Crippen LogP contribution in [-0.2, 0) is 15.1 Å². The first-order valence-electron chi connectivity index (χ1n) is 7.54. The van der Waals surface area contributed by atoms with Crippen molar-refractivity contribution in [3.63, 3.8) is 0 Å². The number of anilines is 1. The van der Waals surface area contributed by atoms with Crippen molar-refractivity contribution in [3.05, 3.63) is 29.8 Å². The van der Waals surface area contributed by atoms with Crippen LogP contribution in [0.2, 0.25) is 0 Å². The zero-order valence-electron chi connectivity index (χ0n) is 12.4. The van der Waals surface area contributed by atoms with Gasteiger partial charge >= 0.3 is 6.03 Å². The molecule has 1 aliphatic heterocycles. The predicted molar refractivity (Wildman–Crippen MR) is 81.1 cm³/mol. The van der Waals surface area contributed by atoms with Crippen molar-refractivity contribution in [2.45, 2.75) is 38.1 Å². The van der Waals surface area contributed by atoms with E-state index >= 15 is 0 Å². The Morgan fingerprint density at radius 2 is 1.82 bits per heavy atom. The molecule has 2 fully saturated rings. The Labute approximate surface area is 128 Å². The van der Waals surface area contributed by atoms with Crippen LogP contribution in [0.1, 0.15) is 38.2 Å². The summed E-state index contributed by atoms with van der Waals surface area (Å²) in [4.78, 5) is 35.3. The van der Waals surface area contributed by atoms with Gasteiger partial charge in [0.1, 0.15) is 5.54 Å². The van der Waals surface area contributed by atoms with E-state index in [0.717, 1.165) is 25.7 Å². The van der Waals surface area contributed by atoms with Crippen LogP contribution in [0.15, 0.2) is 24.3 Å². The third-order valence-electron chi connectivity index (χ3n) is 4.50. The number of hydrogen-bond donors (Lipinski definition) is 3. The van der Waals surface area contributed by atoms with E-state index in [4.69, 9.17) is 0 Å². The van der Waals surface area contributed by atoms with Gasteiger partial charge in [-0.15, -0.1) is 0 Å². The van der Waals surface area contributed by atoms with Crippen molar-refractivity contribution in [2.75, 3.05) is 5.32 Å². The number of benzene rings is 1. The minimum Gasteiger partial charge on any atom is -0.326 e. The topological polar surface area (TPSA) is 87.3 Å². The number of hydrogen-bond acceptors (Lipinski definition) is 3. The van der Waals surface area contributed by atoms with Gasteiger partial charge in [-0.2, -0.15) is 0 Å². The zero-order chi connectivity index (χ0) is 15.7. The van der Waals surface area contributed by atoms with Crippen LogP contribution in [0.4, 0.5) is 10.5 Å². The number of imide groups is 1. The van der Waals surface area contributed by atoms with Crippen molar-refractivity contribution < 1.29 is 14.4 Å². The average Bonchev–Trinajstić information content (AvgIpc) is 3.09. The fourth-order valence-electron chi connectivity index (χ4n) is 3.07. The SMILES string of the molecule is C[C@@]1(c2ccc(NC(=O)C3CCCC3)cc2)NC(=O)NC1=O. The lowest BCUT2D eigenvalue weighted by molar-refractivity contribution is -0.123. The van der Waals surface area contributed by atoms with E-state index in [0.29, 0.717) is 11.3 Å². The molecule has 4 amide bonds. The Balaban J connectivity index is 1.71. The van der Waals surface area contributed by atoms with Crippen LogP contribution in [0.25, 0.3) is 0 Å². The fraction of sp³-hybridized carbons (Fsp3) is 0.438. The molecule has 0 radical (unpaired) electrons. The number of rotatable bonds is 3. The Bertz CT molecular complexity index is 620. The number of urea groups is 1. The first-order chi connectivity index (χ1) is 10.5. The Hall–Kier alpha value is -2.37. The summed E-state index contributed by atoms with van der Waals surface area (Å²) in [5, 5.41) is 7.75. The number of amides is 4. The lowest BCUT2D eigenvalue weighted by atomic mass is 9.92. The van der Waals surface area contributed by atoms with Gasteiger partial charge in [0.2, 0.25) is 5.91 Å². The van der Waals surface area contributed by atoms with Crippen LogP contribution in [0, 0.1) is 5.92 Å². The molecular weight excluding hydrogens is 282 g/mol. The Morgan fingerprint density at radius 1 is 1.18 bits per heavy atom. The smallest absolute Gasteiger partial charge is 0.322 e. The summed E-state index contributed by atoms with van der Waals surface area (Å²) >= 11 is 0. The summed E-state index contributed by atoms with van der Waals surface area (Å²) in [6.07, 6.45) is 4.14. The van der Waals surface area contributed by atoms with Gasteiger partial charge in [-0.05, 0) is 37.5 Å². The van der Waals surface area contributed by atoms with Gasteiger partial charge in [0.15, 0.2) is 0 Å². The van der Waals surface area contributed by atoms with E-state index in [-0.39, 0.29) is 17.7 Å².